The first-order valence-electron chi connectivity index (χ1n) is 11.0. The van der Waals surface area contributed by atoms with Gasteiger partial charge in [0.1, 0.15) is 5.70 Å². The number of nitrogens with one attached hydrogen (secondary N) is 2. The summed E-state index contributed by atoms with van der Waals surface area (Å²) in [6, 6.07) is 26.1. The van der Waals surface area contributed by atoms with Crippen molar-refractivity contribution in [3.63, 3.8) is 0 Å². The number of carbonyl (C=O) groups excluding carboxylic acids is 3. The summed E-state index contributed by atoms with van der Waals surface area (Å²) in [5.41, 5.74) is 2.38. The molecule has 2 N–H and O–H groups in total. The summed E-state index contributed by atoms with van der Waals surface area (Å²) < 4.78 is 0. The lowest BCUT2D eigenvalue weighted by Gasteiger charge is -2.11. The first kappa shape index (κ1) is 24.9. The molecule has 7 heteroatoms. The van der Waals surface area contributed by atoms with Gasteiger partial charge in [-0.3, -0.25) is 14.4 Å². The maximum Gasteiger partial charge on any atom is 0.272 e. The molecule has 0 aliphatic carbocycles. The predicted octanol–water partition coefficient (Wildman–Crippen LogP) is 6.71. The lowest BCUT2D eigenvalue weighted by molar-refractivity contribution is -0.113. The van der Waals surface area contributed by atoms with E-state index in [4.69, 9.17) is 11.6 Å². The zero-order valence-electron chi connectivity index (χ0n) is 19.0. The number of anilines is 1. The molecule has 0 atom stereocenters. The normalized spacial score (nSPS) is 11.3. The van der Waals surface area contributed by atoms with E-state index in [2.05, 4.69) is 10.6 Å². The zero-order valence-corrected chi connectivity index (χ0v) is 20.6. The van der Waals surface area contributed by atoms with Crippen LogP contribution in [0.25, 0.3) is 12.2 Å². The van der Waals surface area contributed by atoms with Crippen molar-refractivity contribution in [3.05, 3.63) is 135 Å². The molecule has 0 unspecified atom stereocenters. The van der Waals surface area contributed by atoms with Crippen molar-refractivity contribution in [1.82, 2.24) is 5.32 Å². The minimum Gasteiger partial charge on any atom is -0.321 e. The van der Waals surface area contributed by atoms with Crippen LogP contribution in [0, 0.1) is 0 Å². The Morgan fingerprint density at radius 3 is 2.17 bits per heavy atom. The molecule has 0 fully saturated rings. The van der Waals surface area contributed by atoms with E-state index >= 15 is 0 Å². The van der Waals surface area contributed by atoms with Gasteiger partial charge in [-0.05, 0) is 77.7 Å². The van der Waals surface area contributed by atoms with E-state index in [1.54, 1.807) is 72.8 Å². The lowest BCUT2D eigenvalue weighted by Crippen LogP contribution is -2.30. The Morgan fingerprint density at radius 2 is 1.50 bits per heavy atom. The molecule has 4 aromatic rings. The molecular formula is C29H21ClN2O3S. The first-order valence-corrected chi connectivity index (χ1v) is 12.2. The number of carbonyl (C=O) groups is 3. The maximum atomic E-state index is 13.0. The molecule has 0 spiro atoms. The Morgan fingerprint density at radius 1 is 0.778 bits per heavy atom. The number of amides is 2. The van der Waals surface area contributed by atoms with Crippen molar-refractivity contribution in [1.29, 1.82) is 0 Å². The van der Waals surface area contributed by atoms with Crippen molar-refractivity contribution < 1.29 is 14.4 Å². The second-order valence-electron chi connectivity index (χ2n) is 7.67. The summed E-state index contributed by atoms with van der Waals surface area (Å²) >= 11 is 7.33. The summed E-state index contributed by atoms with van der Waals surface area (Å²) in [6.07, 6.45) is 4.82. The number of ketones is 1. The fourth-order valence-corrected chi connectivity index (χ4v) is 4.00. The highest BCUT2D eigenvalue weighted by Gasteiger charge is 2.15. The van der Waals surface area contributed by atoms with Gasteiger partial charge in [-0.15, -0.1) is 11.3 Å². The Labute approximate surface area is 217 Å². The molecule has 0 bridgehead atoms. The number of hydrogen-bond donors (Lipinski definition) is 2. The average molecular weight is 513 g/mol. The van der Waals surface area contributed by atoms with Gasteiger partial charge in [0, 0.05) is 26.7 Å². The molecule has 3 aromatic carbocycles. The van der Waals surface area contributed by atoms with Crippen LogP contribution in [0.1, 0.15) is 31.2 Å². The van der Waals surface area contributed by atoms with Gasteiger partial charge < -0.3 is 10.6 Å². The highest BCUT2D eigenvalue weighted by atomic mass is 35.5. The topological polar surface area (TPSA) is 75.3 Å². The molecule has 0 radical (unpaired) electrons. The van der Waals surface area contributed by atoms with Gasteiger partial charge in [-0.1, -0.05) is 54.1 Å². The van der Waals surface area contributed by atoms with Crippen LogP contribution in [0.2, 0.25) is 5.02 Å². The van der Waals surface area contributed by atoms with E-state index in [9.17, 15) is 14.4 Å². The van der Waals surface area contributed by atoms with Gasteiger partial charge in [-0.2, -0.15) is 0 Å². The molecule has 0 aliphatic heterocycles. The van der Waals surface area contributed by atoms with Gasteiger partial charge in [-0.25, -0.2) is 0 Å². The molecule has 2 amide bonds. The number of allylic oxidation sites excluding steroid dienone is 1. The summed E-state index contributed by atoms with van der Waals surface area (Å²) in [5, 5.41) is 8.00. The number of benzene rings is 3. The number of hydrogen-bond acceptors (Lipinski definition) is 4. The second-order valence-corrected chi connectivity index (χ2v) is 9.09. The van der Waals surface area contributed by atoms with Crippen LogP contribution >= 0.6 is 22.9 Å². The fraction of sp³-hybridized carbons (Fsp3) is 0. The average Bonchev–Trinajstić information content (AvgIpc) is 3.42. The Bertz CT molecular complexity index is 1410. The highest BCUT2D eigenvalue weighted by molar-refractivity contribution is 7.10. The molecule has 4 rings (SSSR count). The fourth-order valence-electron chi connectivity index (χ4n) is 3.22. The van der Waals surface area contributed by atoms with Gasteiger partial charge in [0.2, 0.25) is 0 Å². The van der Waals surface area contributed by atoms with Crippen LogP contribution in [-0.4, -0.2) is 17.6 Å². The Hall–Kier alpha value is -4.26. The monoisotopic (exact) mass is 512 g/mol. The molecule has 1 heterocycles. The van der Waals surface area contributed by atoms with Crippen LogP contribution in [0.4, 0.5) is 5.69 Å². The van der Waals surface area contributed by atoms with E-state index in [1.807, 2.05) is 35.7 Å². The Balaban J connectivity index is 1.45. The van der Waals surface area contributed by atoms with Crippen molar-refractivity contribution in [2.75, 3.05) is 5.32 Å². The van der Waals surface area contributed by atoms with E-state index in [0.717, 1.165) is 10.4 Å². The summed E-state index contributed by atoms with van der Waals surface area (Å²) in [7, 11) is 0. The third-order valence-corrected chi connectivity index (χ3v) is 6.15. The molecule has 5 nitrogen and oxygen atoms in total. The smallest absolute Gasteiger partial charge is 0.272 e. The van der Waals surface area contributed by atoms with Gasteiger partial charge >= 0.3 is 0 Å². The minimum absolute atomic E-state index is 0.109. The molecule has 178 valence electrons. The maximum absolute atomic E-state index is 13.0. The van der Waals surface area contributed by atoms with Gasteiger partial charge in [0.05, 0.1) is 0 Å². The van der Waals surface area contributed by atoms with E-state index in [1.165, 1.54) is 17.4 Å². The molecule has 36 heavy (non-hydrogen) atoms. The molecular weight excluding hydrogens is 492 g/mol. The highest BCUT2D eigenvalue weighted by Crippen LogP contribution is 2.17. The summed E-state index contributed by atoms with van der Waals surface area (Å²) in [5.74, 6) is -1.03. The Kier molecular flexibility index (Phi) is 8.24. The third-order valence-electron chi connectivity index (χ3n) is 5.08. The zero-order chi connectivity index (χ0) is 25.3. The van der Waals surface area contributed by atoms with Crippen LogP contribution in [0.5, 0.6) is 0 Å². The first-order chi connectivity index (χ1) is 17.5. The van der Waals surface area contributed by atoms with Crippen molar-refractivity contribution >= 4 is 58.4 Å². The van der Waals surface area contributed by atoms with Crippen LogP contribution in [0.3, 0.4) is 0 Å². The summed E-state index contributed by atoms with van der Waals surface area (Å²) in [4.78, 5) is 39.0. The SMILES string of the molecule is O=C(Nc1ccc(C(=O)/C=C/c2ccc(Cl)cc2)cc1)/C(=C/c1cccs1)NC(=O)c1ccccc1. The molecule has 0 saturated carbocycles. The number of halogens is 1. The van der Waals surface area contributed by atoms with Gasteiger partial charge in [0.25, 0.3) is 11.8 Å². The predicted molar refractivity (Wildman–Crippen MR) is 146 cm³/mol. The second kappa shape index (κ2) is 11.9. The van der Waals surface area contributed by atoms with Gasteiger partial charge in [0.15, 0.2) is 5.78 Å². The number of thiophene rings is 1. The minimum atomic E-state index is -0.477. The van der Waals surface area contributed by atoms with Crippen LogP contribution in [0.15, 0.2) is 108 Å². The van der Waals surface area contributed by atoms with Crippen molar-refractivity contribution in [3.8, 4) is 0 Å². The molecule has 0 saturated heterocycles. The lowest BCUT2D eigenvalue weighted by atomic mass is 10.1. The van der Waals surface area contributed by atoms with Crippen molar-refractivity contribution in [2.24, 2.45) is 0 Å². The van der Waals surface area contributed by atoms with E-state index in [-0.39, 0.29) is 17.4 Å². The van der Waals surface area contributed by atoms with Crippen molar-refractivity contribution in [2.45, 2.75) is 0 Å². The van der Waals surface area contributed by atoms with Crippen LogP contribution in [-0.2, 0) is 4.79 Å². The largest absolute Gasteiger partial charge is 0.321 e. The van der Waals surface area contributed by atoms with E-state index < -0.39 is 5.91 Å². The van der Waals surface area contributed by atoms with Crippen LogP contribution < -0.4 is 10.6 Å². The third kappa shape index (κ3) is 6.88. The molecule has 1 aromatic heterocycles. The summed E-state index contributed by atoms with van der Waals surface area (Å²) in [6.45, 7) is 0. The quantitative estimate of drug-likeness (QED) is 0.203. The molecule has 0 aliphatic rings. The van der Waals surface area contributed by atoms with E-state index in [0.29, 0.717) is 21.8 Å². The number of rotatable bonds is 8. The standard InChI is InChI=1S/C29H21ClN2O3S/c30-23-13-8-20(9-14-23)10-17-27(33)21-11-15-24(16-12-21)31-29(35)26(19-25-7-4-18-36-25)32-28(34)22-5-2-1-3-6-22/h1-19H,(H,31,35)(H,32,34)/b17-10+,26-19-.